The van der Waals surface area contributed by atoms with E-state index in [1.165, 1.54) is 0 Å². The van der Waals surface area contributed by atoms with Gasteiger partial charge in [0.2, 0.25) is 0 Å². The second-order valence-electron chi connectivity index (χ2n) is 4.26. The normalized spacial score (nSPS) is 33.0. The van der Waals surface area contributed by atoms with Gasteiger partial charge in [0.05, 0.1) is 0 Å². The number of hydrogen-bond donors (Lipinski definition) is 2. The fourth-order valence-electron chi connectivity index (χ4n) is 2.30. The van der Waals surface area contributed by atoms with Crippen molar-refractivity contribution >= 4 is 0 Å². The van der Waals surface area contributed by atoms with E-state index in [0.29, 0.717) is 25.8 Å². The zero-order chi connectivity index (χ0) is 11.5. The summed E-state index contributed by atoms with van der Waals surface area (Å²) in [5.41, 5.74) is -2.46. The Morgan fingerprint density at radius 3 is 2.60 bits per heavy atom. The molecule has 1 aliphatic rings. The van der Waals surface area contributed by atoms with E-state index in [4.69, 9.17) is 0 Å². The van der Waals surface area contributed by atoms with E-state index in [1.807, 2.05) is 0 Å². The van der Waals surface area contributed by atoms with Crippen LogP contribution in [0.1, 0.15) is 32.1 Å². The van der Waals surface area contributed by atoms with E-state index >= 15 is 0 Å². The van der Waals surface area contributed by atoms with Crippen LogP contribution in [0.3, 0.4) is 0 Å². The first-order chi connectivity index (χ1) is 6.92. The predicted octanol–water partition coefficient (Wildman–Crippen LogP) is 2.08. The van der Waals surface area contributed by atoms with Crippen molar-refractivity contribution in [3.8, 4) is 0 Å². The molecular weight excluding hydrogens is 207 g/mol. The van der Waals surface area contributed by atoms with Gasteiger partial charge in [0, 0.05) is 0 Å². The molecule has 0 radical (unpaired) electrons. The van der Waals surface area contributed by atoms with E-state index in [-0.39, 0.29) is 6.42 Å². The minimum atomic E-state index is -4.49. The molecule has 2 N–H and O–H groups in total. The summed E-state index contributed by atoms with van der Waals surface area (Å²) in [6, 6.07) is 0. The molecule has 0 aromatic heterocycles. The van der Waals surface area contributed by atoms with Crippen molar-refractivity contribution in [1.29, 1.82) is 0 Å². The minimum absolute atomic E-state index is 0.148. The number of nitrogens with one attached hydrogen (secondary N) is 1. The first-order valence-electron chi connectivity index (χ1n) is 5.35. The second kappa shape index (κ2) is 4.70. The number of alkyl halides is 3. The third-order valence-electron chi connectivity index (χ3n) is 3.27. The minimum Gasteiger partial charge on any atom is -0.380 e. The van der Waals surface area contributed by atoms with Gasteiger partial charge in [-0.05, 0) is 38.8 Å². The molecule has 1 rings (SSSR count). The Bertz CT molecular complexity index is 207. The van der Waals surface area contributed by atoms with Crippen molar-refractivity contribution in [3.63, 3.8) is 0 Å². The van der Waals surface area contributed by atoms with E-state index in [9.17, 15) is 18.3 Å². The fraction of sp³-hybridized carbons (Fsp3) is 1.00. The van der Waals surface area contributed by atoms with Gasteiger partial charge >= 0.3 is 6.18 Å². The smallest absolute Gasteiger partial charge is 0.380 e. The zero-order valence-electron chi connectivity index (χ0n) is 8.90. The molecule has 15 heavy (non-hydrogen) atoms. The molecule has 1 aliphatic carbocycles. The molecule has 0 aliphatic heterocycles. The highest BCUT2D eigenvalue weighted by Gasteiger charge is 2.58. The van der Waals surface area contributed by atoms with Crippen LogP contribution in [0.5, 0.6) is 0 Å². The van der Waals surface area contributed by atoms with Crippen LogP contribution < -0.4 is 5.32 Å². The summed E-state index contributed by atoms with van der Waals surface area (Å²) in [6.45, 7) is 0.517. The van der Waals surface area contributed by atoms with Gasteiger partial charge in [-0.25, -0.2) is 0 Å². The summed E-state index contributed by atoms with van der Waals surface area (Å²) in [5, 5.41) is 12.6. The van der Waals surface area contributed by atoms with Crippen LogP contribution in [0.25, 0.3) is 0 Å². The molecule has 0 amide bonds. The Kier molecular flexibility index (Phi) is 4.00. The zero-order valence-corrected chi connectivity index (χ0v) is 8.90. The maximum Gasteiger partial charge on any atom is 0.417 e. The molecule has 0 saturated heterocycles. The molecule has 0 aromatic carbocycles. The summed E-state index contributed by atoms with van der Waals surface area (Å²) < 4.78 is 38.2. The van der Waals surface area contributed by atoms with Gasteiger partial charge in [-0.2, -0.15) is 13.2 Å². The highest BCUT2D eigenvalue weighted by Crippen LogP contribution is 2.46. The summed E-state index contributed by atoms with van der Waals surface area (Å²) in [5.74, 6) is -0.654. The van der Waals surface area contributed by atoms with Crippen LogP contribution in [-0.4, -0.2) is 30.5 Å². The van der Waals surface area contributed by atoms with Gasteiger partial charge in [0.15, 0.2) is 5.60 Å². The van der Waals surface area contributed by atoms with Crippen molar-refractivity contribution in [1.82, 2.24) is 5.32 Å². The number of rotatable bonds is 3. The topological polar surface area (TPSA) is 32.3 Å². The molecule has 0 aromatic rings. The van der Waals surface area contributed by atoms with Gasteiger partial charge in [-0.3, -0.25) is 0 Å². The molecule has 0 heterocycles. The summed E-state index contributed by atoms with van der Waals surface area (Å²) in [4.78, 5) is 0. The maximum absolute atomic E-state index is 12.7. The van der Waals surface area contributed by atoms with Gasteiger partial charge in [0.25, 0.3) is 0 Å². The lowest BCUT2D eigenvalue weighted by Gasteiger charge is -2.41. The van der Waals surface area contributed by atoms with Gasteiger partial charge < -0.3 is 10.4 Å². The molecular formula is C10H18F3NO. The average molecular weight is 225 g/mol. The van der Waals surface area contributed by atoms with Crippen molar-refractivity contribution in [2.24, 2.45) is 5.92 Å². The predicted molar refractivity (Wildman–Crippen MR) is 51.5 cm³/mol. The number of hydrogen-bond acceptors (Lipinski definition) is 2. The standard InChI is InChI=1S/C10H18F3NO/c1-14-7-5-8-4-2-3-6-9(8,15)10(11,12)13/h8,14-15H,2-7H2,1H3. The Morgan fingerprint density at radius 2 is 2.07 bits per heavy atom. The van der Waals surface area contributed by atoms with Crippen molar-refractivity contribution < 1.29 is 18.3 Å². The van der Waals surface area contributed by atoms with Crippen LogP contribution in [0, 0.1) is 5.92 Å². The van der Waals surface area contributed by atoms with E-state index in [2.05, 4.69) is 5.32 Å². The summed E-state index contributed by atoms with van der Waals surface area (Å²) in [7, 11) is 1.70. The van der Waals surface area contributed by atoms with E-state index in [0.717, 1.165) is 6.42 Å². The van der Waals surface area contributed by atoms with Crippen LogP contribution >= 0.6 is 0 Å². The average Bonchev–Trinajstić information content (AvgIpc) is 2.15. The Balaban J connectivity index is 2.72. The fourth-order valence-corrected chi connectivity index (χ4v) is 2.30. The molecule has 1 fully saturated rings. The Morgan fingerprint density at radius 1 is 1.40 bits per heavy atom. The van der Waals surface area contributed by atoms with Crippen molar-refractivity contribution in [2.45, 2.75) is 43.9 Å². The van der Waals surface area contributed by atoms with Crippen LogP contribution in [0.15, 0.2) is 0 Å². The highest BCUT2D eigenvalue weighted by molar-refractivity contribution is 4.95. The van der Waals surface area contributed by atoms with Crippen LogP contribution in [0.2, 0.25) is 0 Å². The lowest BCUT2D eigenvalue weighted by atomic mass is 9.73. The molecule has 1 saturated carbocycles. The second-order valence-corrected chi connectivity index (χ2v) is 4.26. The first-order valence-corrected chi connectivity index (χ1v) is 5.35. The third-order valence-corrected chi connectivity index (χ3v) is 3.27. The molecule has 2 atom stereocenters. The summed E-state index contributed by atoms with van der Waals surface area (Å²) in [6.07, 6.45) is -2.54. The van der Waals surface area contributed by atoms with Gasteiger partial charge in [0.1, 0.15) is 0 Å². The van der Waals surface area contributed by atoms with E-state index in [1.54, 1.807) is 7.05 Å². The van der Waals surface area contributed by atoms with Crippen molar-refractivity contribution in [3.05, 3.63) is 0 Å². The number of halogens is 3. The maximum atomic E-state index is 12.7. The van der Waals surface area contributed by atoms with Crippen LogP contribution in [-0.2, 0) is 0 Å². The molecule has 0 spiro atoms. The molecule has 90 valence electrons. The quantitative estimate of drug-likeness (QED) is 0.770. The lowest BCUT2D eigenvalue weighted by Crippen LogP contribution is -2.53. The highest BCUT2D eigenvalue weighted by atomic mass is 19.4. The van der Waals surface area contributed by atoms with Crippen molar-refractivity contribution in [2.75, 3.05) is 13.6 Å². The monoisotopic (exact) mass is 225 g/mol. The largest absolute Gasteiger partial charge is 0.417 e. The molecule has 0 bridgehead atoms. The molecule has 5 heteroatoms. The molecule has 2 nitrogen and oxygen atoms in total. The van der Waals surface area contributed by atoms with Gasteiger partial charge in [-0.1, -0.05) is 12.8 Å². The molecule has 2 unspecified atom stereocenters. The van der Waals surface area contributed by atoms with Crippen LogP contribution in [0.4, 0.5) is 13.2 Å². The van der Waals surface area contributed by atoms with E-state index < -0.39 is 17.7 Å². The summed E-state index contributed by atoms with van der Waals surface area (Å²) >= 11 is 0. The third kappa shape index (κ3) is 2.64. The first kappa shape index (κ1) is 12.8. The Hall–Kier alpha value is -0.290. The lowest BCUT2D eigenvalue weighted by molar-refractivity contribution is -0.289. The Labute approximate surface area is 87.9 Å². The number of aliphatic hydroxyl groups is 1. The van der Waals surface area contributed by atoms with Gasteiger partial charge in [-0.15, -0.1) is 0 Å². The SMILES string of the molecule is CNCCC1CCCCC1(O)C(F)(F)F.